The Balaban J connectivity index is 1.92. The zero-order valence-corrected chi connectivity index (χ0v) is 15.6. The van der Waals surface area contributed by atoms with Gasteiger partial charge in [-0.05, 0) is 38.0 Å². The van der Waals surface area contributed by atoms with Crippen molar-refractivity contribution in [1.29, 1.82) is 0 Å². The second kappa shape index (κ2) is 7.33. The highest BCUT2D eigenvalue weighted by Crippen LogP contribution is 2.35. The standard InChI is InChI=1S/C18H20N2O5S/c1-10-15(17(21)20-8-4-5-12(20)18(22)23)26-16(19-10)11-6-7-13(24-2)14(9-11)25-3/h6-7,9,12H,4-5,8H2,1-3H3,(H,22,23). The van der Waals surface area contributed by atoms with Gasteiger partial charge in [0.05, 0.1) is 19.9 Å². The number of hydrogen-bond donors (Lipinski definition) is 1. The fourth-order valence-corrected chi connectivity index (χ4v) is 4.10. The summed E-state index contributed by atoms with van der Waals surface area (Å²) < 4.78 is 10.6. The topological polar surface area (TPSA) is 89.0 Å². The van der Waals surface area contributed by atoms with E-state index in [0.717, 1.165) is 5.56 Å². The largest absolute Gasteiger partial charge is 0.493 e. The van der Waals surface area contributed by atoms with Crippen molar-refractivity contribution in [3.63, 3.8) is 0 Å². The number of carbonyl (C=O) groups excluding carboxylic acids is 1. The van der Waals surface area contributed by atoms with Crippen molar-refractivity contribution in [2.24, 2.45) is 0 Å². The summed E-state index contributed by atoms with van der Waals surface area (Å²) in [6, 6.07) is 4.69. The summed E-state index contributed by atoms with van der Waals surface area (Å²) in [7, 11) is 3.12. The summed E-state index contributed by atoms with van der Waals surface area (Å²) in [5.41, 5.74) is 1.41. The van der Waals surface area contributed by atoms with E-state index in [1.165, 1.54) is 16.2 Å². The smallest absolute Gasteiger partial charge is 0.326 e. The quantitative estimate of drug-likeness (QED) is 0.863. The molecule has 1 aliphatic heterocycles. The molecule has 1 aromatic carbocycles. The monoisotopic (exact) mass is 376 g/mol. The zero-order chi connectivity index (χ0) is 18.8. The van der Waals surface area contributed by atoms with Crippen LogP contribution in [-0.2, 0) is 4.79 Å². The number of amides is 1. The molecule has 3 rings (SSSR count). The normalized spacial score (nSPS) is 16.6. The summed E-state index contributed by atoms with van der Waals surface area (Å²) in [6.45, 7) is 2.22. The molecule has 1 aromatic heterocycles. The lowest BCUT2D eigenvalue weighted by molar-refractivity contribution is -0.141. The Morgan fingerprint density at radius 3 is 2.65 bits per heavy atom. The van der Waals surface area contributed by atoms with Crippen molar-refractivity contribution < 1.29 is 24.2 Å². The van der Waals surface area contributed by atoms with E-state index < -0.39 is 12.0 Å². The highest BCUT2D eigenvalue weighted by atomic mass is 32.1. The van der Waals surface area contributed by atoms with Crippen molar-refractivity contribution in [2.75, 3.05) is 20.8 Å². The molecular weight excluding hydrogens is 356 g/mol. The van der Waals surface area contributed by atoms with Crippen LogP contribution in [0.1, 0.15) is 28.2 Å². The Kier molecular flexibility index (Phi) is 5.13. The van der Waals surface area contributed by atoms with E-state index in [0.29, 0.717) is 46.5 Å². The number of rotatable bonds is 5. The number of methoxy groups -OCH3 is 2. The first-order chi connectivity index (χ1) is 12.5. The van der Waals surface area contributed by atoms with Gasteiger partial charge in [0, 0.05) is 12.1 Å². The van der Waals surface area contributed by atoms with Crippen LogP contribution in [0.3, 0.4) is 0 Å². The van der Waals surface area contributed by atoms with Crippen LogP contribution in [0.4, 0.5) is 0 Å². The first-order valence-corrected chi connectivity index (χ1v) is 9.01. The number of benzene rings is 1. The van der Waals surface area contributed by atoms with Gasteiger partial charge in [-0.2, -0.15) is 0 Å². The number of aromatic nitrogens is 1. The summed E-state index contributed by atoms with van der Waals surface area (Å²) in [4.78, 5) is 30.6. The third-order valence-electron chi connectivity index (χ3n) is 4.42. The van der Waals surface area contributed by atoms with Gasteiger partial charge in [-0.1, -0.05) is 0 Å². The van der Waals surface area contributed by atoms with Crippen LogP contribution in [0, 0.1) is 6.92 Å². The minimum absolute atomic E-state index is 0.267. The molecule has 2 heterocycles. The van der Waals surface area contributed by atoms with Crippen molar-refractivity contribution in [3.8, 4) is 22.1 Å². The maximum atomic E-state index is 12.8. The van der Waals surface area contributed by atoms with E-state index in [2.05, 4.69) is 4.98 Å². The van der Waals surface area contributed by atoms with E-state index in [-0.39, 0.29) is 5.91 Å². The van der Waals surface area contributed by atoms with E-state index in [4.69, 9.17) is 9.47 Å². The minimum atomic E-state index is -0.960. The Morgan fingerprint density at radius 1 is 1.27 bits per heavy atom. The molecule has 1 atom stereocenters. The second-order valence-electron chi connectivity index (χ2n) is 6.00. The molecule has 1 fully saturated rings. The number of carboxylic acid groups (broad SMARTS) is 1. The maximum absolute atomic E-state index is 12.8. The molecule has 1 aliphatic rings. The van der Waals surface area contributed by atoms with Gasteiger partial charge in [0.15, 0.2) is 11.5 Å². The molecule has 8 heteroatoms. The molecule has 0 aliphatic carbocycles. The fourth-order valence-electron chi connectivity index (χ4n) is 3.08. The number of hydrogen-bond acceptors (Lipinski definition) is 6. The molecule has 0 spiro atoms. The van der Waals surface area contributed by atoms with Gasteiger partial charge in [0.25, 0.3) is 5.91 Å². The average Bonchev–Trinajstić information content (AvgIpc) is 3.27. The van der Waals surface area contributed by atoms with Crippen LogP contribution in [0.5, 0.6) is 11.5 Å². The van der Waals surface area contributed by atoms with Gasteiger partial charge in [-0.15, -0.1) is 11.3 Å². The average molecular weight is 376 g/mol. The Morgan fingerprint density at radius 2 is 2.00 bits per heavy atom. The van der Waals surface area contributed by atoms with Gasteiger partial charge in [0.1, 0.15) is 15.9 Å². The van der Waals surface area contributed by atoms with Gasteiger partial charge in [-0.3, -0.25) is 4.79 Å². The number of carbonyl (C=O) groups is 2. The molecular formula is C18H20N2O5S. The number of nitrogens with zero attached hydrogens (tertiary/aromatic N) is 2. The molecule has 1 N–H and O–H groups in total. The van der Waals surface area contributed by atoms with Gasteiger partial charge in [-0.25, -0.2) is 9.78 Å². The van der Waals surface area contributed by atoms with Gasteiger partial charge < -0.3 is 19.5 Å². The fraction of sp³-hybridized carbons (Fsp3) is 0.389. The molecule has 1 unspecified atom stereocenters. The lowest BCUT2D eigenvalue weighted by Crippen LogP contribution is -2.40. The molecule has 2 aromatic rings. The number of aryl methyl sites for hydroxylation is 1. The summed E-state index contributed by atoms with van der Waals surface area (Å²) in [5, 5.41) is 9.99. The first-order valence-electron chi connectivity index (χ1n) is 8.20. The van der Waals surface area contributed by atoms with Crippen LogP contribution in [0.15, 0.2) is 18.2 Å². The molecule has 7 nitrogen and oxygen atoms in total. The highest BCUT2D eigenvalue weighted by molar-refractivity contribution is 7.17. The molecule has 0 radical (unpaired) electrons. The van der Waals surface area contributed by atoms with Crippen LogP contribution >= 0.6 is 11.3 Å². The summed E-state index contributed by atoms with van der Waals surface area (Å²) in [5.74, 6) is -0.0341. The van der Waals surface area contributed by atoms with Crippen molar-refractivity contribution in [3.05, 3.63) is 28.8 Å². The molecule has 0 bridgehead atoms. The minimum Gasteiger partial charge on any atom is -0.493 e. The molecule has 1 amide bonds. The van der Waals surface area contributed by atoms with Crippen molar-refractivity contribution in [1.82, 2.24) is 9.88 Å². The van der Waals surface area contributed by atoms with Crippen LogP contribution in [0.2, 0.25) is 0 Å². The predicted octanol–water partition coefficient (Wildman–Crippen LogP) is 2.82. The first kappa shape index (κ1) is 18.2. The van der Waals surface area contributed by atoms with Crippen LogP contribution in [-0.4, -0.2) is 53.7 Å². The summed E-state index contributed by atoms with van der Waals surface area (Å²) in [6.07, 6.45) is 1.19. The molecule has 26 heavy (non-hydrogen) atoms. The SMILES string of the molecule is COc1ccc(-c2nc(C)c(C(=O)N3CCCC3C(=O)O)s2)cc1OC. The Labute approximate surface area is 155 Å². The Hall–Kier alpha value is -2.61. The third-order valence-corrected chi connectivity index (χ3v) is 5.61. The number of ether oxygens (including phenoxy) is 2. The van der Waals surface area contributed by atoms with Gasteiger partial charge >= 0.3 is 5.97 Å². The number of carboxylic acids is 1. The predicted molar refractivity (Wildman–Crippen MR) is 97.1 cm³/mol. The lowest BCUT2D eigenvalue weighted by atomic mass is 10.2. The number of thiazole rings is 1. The van der Waals surface area contributed by atoms with Crippen molar-refractivity contribution >= 4 is 23.2 Å². The van der Waals surface area contributed by atoms with E-state index in [1.807, 2.05) is 6.07 Å². The second-order valence-corrected chi connectivity index (χ2v) is 7.00. The highest BCUT2D eigenvalue weighted by Gasteiger charge is 2.36. The van der Waals surface area contributed by atoms with Crippen LogP contribution in [0.25, 0.3) is 10.6 Å². The lowest BCUT2D eigenvalue weighted by Gasteiger charge is -2.20. The zero-order valence-electron chi connectivity index (χ0n) is 14.8. The molecule has 0 saturated carbocycles. The van der Waals surface area contributed by atoms with E-state index >= 15 is 0 Å². The number of likely N-dealkylation sites (tertiary alicyclic amines) is 1. The molecule has 1 saturated heterocycles. The van der Waals surface area contributed by atoms with E-state index in [9.17, 15) is 14.7 Å². The Bertz CT molecular complexity index is 848. The third kappa shape index (κ3) is 3.24. The summed E-state index contributed by atoms with van der Waals surface area (Å²) >= 11 is 1.26. The van der Waals surface area contributed by atoms with E-state index in [1.54, 1.807) is 33.3 Å². The van der Waals surface area contributed by atoms with Crippen molar-refractivity contribution in [2.45, 2.75) is 25.8 Å². The van der Waals surface area contributed by atoms with Crippen LogP contribution < -0.4 is 9.47 Å². The number of aliphatic carboxylic acids is 1. The maximum Gasteiger partial charge on any atom is 0.326 e. The molecule has 138 valence electrons. The van der Waals surface area contributed by atoms with Gasteiger partial charge in [0.2, 0.25) is 0 Å².